The second-order valence-corrected chi connectivity index (χ2v) is 7.11. The minimum atomic E-state index is 0.0873. The molecule has 0 N–H and O–H groups in total. The van der Waals surface area contributed by atoms with Crippen molar-refractivity contribution in [1.29, 1.82) is 0 Å². The quantitative estimate of drug-likeness (QED) is 0.361. The number of fused-ring (bicyclic) bond motifs is 2. The first-order valence-electron chi connectivity index (χ1n) is 8.74. The Morgan fingerprint density at radius 3 is 1.69 bits per heavy atom. The Morgan fingerprint density at radius 1 is 0.808 bits per heavy atom. The van der Waals surface area contributed by atoms with E-state index in [1.807, 2.05) is 24.3 Å². The van der Waals surface area contributed by atoms with Crippen LogP contribution in [0.15, 0.2) is 36.4 Å². The van der Waals surface area contributed by atoms with Gasteiger partial charge in [0, 0.05) is 53.3 Å². The van der Waals surface area contributed by atoms with Gasteiger partial charge in [0.15, 0.2) is 11.6 Å². The second kappa shape index (κ2) is 8.70. The zero-order chi connectivity index (χ0) is 18.5. The highest BCUT2D eigenvalue weighted by atomic mass is 35.5. The van der Waals surface area contributed by atoms with Crippen LogP contribution in [0.4, 0.5) is 0 Å². The van der Waals surface area contributed by atoms with E-state index >= 15 is 0 Å². The van der Waals surface area contributed by atoms with E-state index < -0.39 is 0 Å². The fraction of sp³-hybridized carbons (Fsp3) is 0.333. The number of alkyl halides is 2. The molecule has 26 heavy (non-hydrogen) atoms. The molecular weight excluding hydrogens is 371 g/mol. The first-order valence-corrected chi connectivity index (χ1v) is 9.81. The number of ether oxygens (including phenoxy) is 1. The largest absolute Gasteiger partial charge is 0.457 e. The molecule has 0 radical (unpaired) electrons. The van der Waals surface area contributed by atoms with Crippen molar-refractivity contribution in [2.24, 2.45) is 0 Å². The van der Waals surface area contributed by atoms with Gasteiger partial charge in [-0.1, -0.05) is 0 Å². The smallest absolute Gasteiger partial charge is 0.162 e. The van der Waals surface area contributed by atoms with Gasteiger partial charge in [-0.05, 0) is 49.2 Å². The predicted octanol–water partition coefficient (Wildman–Crippen LogP) is 5.79. The molecule has 0 fully saturated rings. The summed E-state index contributed by atoms with van der Waals surface area (Å²) in [6, 6.07) is 11.0. The number of carbonyl (C=O) groups excluding carboxylic acids is 2. The molecule has 3 rings (SSSR count). The van der Waals surface area contributed by atoms with E-state index in [9.17, 15) is 9.59 Å². The minimum Gasteiger partial charge on any atom is -0.457 e. The van der Waals surface area contributed by atoms with E-state index in [2.05, 4.69) is 0 Å². The van der Waals surface area contributed by atoms with Gasteiger partial charge in [-0.2, -0.15) is 0 Å². The van der Waals surface area contributed by atoms with Crippen LogP contribution < -0.4 is 4.74 Å². The van der Waals surface area contributed by atoms with Crippen LogP contribution in [0, 0.1) is 0 Å². The lowest BCUT2D eigenvalue weighted by Crippen LogP contribution is -2.08. The Kier molecular flexibility index (Phi) is 6.33. The summed E-state index contributed by atoms with van der Waals surface area (Å²) in [5.74, 6) is 2.65. The van der Waals surface area contributed by atoms with Crippen LogP contribution in [0.2, 0.25) is 0 Å². The molecule has 5 heteroatoms. The average Bonchev–Trinajstić information content (AvgIpc) is 2.67. The van der Waals surface area contributed by atoms with Crippen molar-refractivity contribution in [1.82, 2.24) is 0 Å². The molecule has 0 aromatic heterocycles. The van der Waals surface area contributed by atoms with Crippen molar-refractivity contribution >= 4 is 34.8 Å². The maximum absolute atomic E-state index is 12.2. The van der Waals surface area contributed by atoms with Crippen molar-refractivity contribution in [3.8, 4) is 11.5 Å². The van der Waals surface area contributed by atoms with Gasteiger partial charge < -0.3 is 4.74 Å². The first-order chi connectivity index (χ1) is 12.6. The van der Waals surface area contributed by atoms with E-state index in [0.29, 0.717) is 55.0 Å². The highest BCUT2D eigenvalue weighted by Crippen LogP contribution is 2.37. The third-order valence-corrected chi connectivity index (χ3v) is 4.98. The lowest BCUT2D eigenvalue weighted by molar-refractivity contribution is 0.0974. The summed E-state index contributed by atoms with van der Waals surface area (Å²) in [5.41, 5.74) is 3.27. The Bertz CT molecular complexity index is 763. The summed E-state index contributed by atoms with van der Waals surface area (Å²) in [7, 11) is 0. The summed E-state index contributed by atoms with van der Waals surface area (Å²) < 4.78 is 5.94. The summed E-state index contributed by atoms with van der Waals surface area (Å²) in [5, 5.41) is 0. The number of rotatable bonds is 8. The van der Waals surface area contributed by atoms with Crippen molar-refractivity contribution in [2.45, 2.75) is 32.1 Å². The third-order valence-electron chi connectivity index (χ3n) is 4.44. The zero-order valence-electron chi connectivity index (χ0n) is 14.4. The average molecular weight is 391 g/mol. The molecule has 1 aliphatic rings. The standard InChI is InChI=1S/C21H20Cl2O3/c22-9-1-3-18(24)14-5-7-20-16(11-14)13-17-12-15(6-8-21(17)26-20)19(25)4-2-10-23/h5-8,11-12H,1-4,9-10,13H2. The van der Waals surface area contributed by atoms with Gasteiger partial charge in [0.05, 0.1) is 0 Å². The number of halogens is 2. The van der Waals surface area contributed by atoms with Crippen LogP contribution in [0.1, 0.15) is 57.5 Å². The number of Topliss-reactive ketones (excluding diaryl/α,β-unsaturated/α-hetero) is 2. The normalized spacial score (nSPS) is 12.1. The van der Waals surface area contributed by atoms with Gasteiger partial charge in [0.25, 0.3) is 0 Å². The molecule has 0 saturated heterocycles. The number of hydrogen-bond acceptors (Lipinski definition) is 3. The Hall–Kier alpha value is -1.84. The summed E-state index contributed by atoms with van der Waals surface area (Å²) in [4.78, 5) is 24.4. The van der Waals surface area contributed by atoms with Crippen LogP contribution in [-0.2, 0) is 6.42 Å². The van der Waals surface area contributed by atoms with Crippen molar-refractivity contribution < 1.29 is 14.3 Å². The number of hydrogen-bond donors (Lipinski definition) is 0. The van der Waals surface area contributed by atoms with Crippen LogP contribution in [0.3, 0.4) is 0 Å². The van der Waals surface area contributed by atoms with Gasteiger partial charge >= 0.3 is 0 Å². The van der Waals surface area contributed by atoms with Crippen molar-refractivity contribution in [3.05, 3.63) is 58.7 Å². The van der Waals surface area contributed by atoms with Crippen LogP contribution in [-0.4, -0.2) is 23.3 Å². The molecule has 136 valence electrons. The molecule has 0 amide bonds. The fourth-order valence-electron chi connectivity index (χ4n) is 3.05. The van der Waals surface area contributed by atoms with Gasteiger partial charge in [0.2, 0.25) is 0 Å². The second-order valence-electron chi connectivity index (χ2n) is 6.36. The van der Waals surface area contributed by atoms with Crippen LogP contribution in [0.5, 0.6) is 11.5 Å². The highest BCUT2D eigenvalue weighted by molar-refractivity contribution is 6.18. The van der Waals surface area contributed by atoms with Crippen molar-refractivity contribution in [2.75, 3.05) is 11.8 Å². The van der Waals surface area contributed by atoms with Gasteiger partial charge in [-0.25, -0.2) is 0 Å². The molecule has 0 bridgehead atoms. The monoisotopic (exact) mass is 390 g/mol. The summed E-state index contributed by atoms with van der Waals surface area (Å²) in [6.07, 6.45) is 2.87. The van der Waals surface area contributed by atoms with E-state index in [1.54, 1.807) is 12.1 Å². The minimum absolute atomic E-state index is 0.0873. The molecule has 2 aromatic carbocycles. The predicted molar refractivity (Wildman–Crippen MR) is 104 cm³/mol. The Labute approximate surface area is 163 Å². The maximum atomic E-state index is 12.2. The van der Waals surface area contributed by atoms with Crippen LogP contribution in [0.25, 0.3) is 0 Å². The molecule has 1 aliphatic heterocycles. The van der Waals surface area contributed by atoms with E-state index in [0.717, 1.165) is 22.6 Å². The zero-order valence-corrected chi connectivity index (χ0v) is 15.9. The highest BCUT2D eigenvalue weighted by Gasteiger charge is 2.20. The maximum Gasteiger partial charge on any atom is 0.162 e. The van der Waals surface area contributed by atoms with E-state index in [1.165, 1.54) is 0 Å². The van der Waals surface area contributed by atoms with Crippen LogP contribution >= 0.6 is 23.2 Å². The Morgan fingerprint density at radius 2 is 1.27 bits per heavy atom. The summed E-state index contributed by atoms with van der Waals surface area (Å²) in [6.45, 7) is 0. The molecule has 0 spiro atoms. The molecule has 0 atom stereocenters. The van der Waals surface area contributed by atoms with E-state index in [4.69, 9.17) is 27.9 Å². The van der Waals surface area contributed by atoms with Gasteiger partial charge in [-0.15, -0.1) is 23.2 Å². The van der Waals surface area contributed by atoms with Gasteiger partial charge in [0.1, 0.15) is 11.5 Å². The van der Waals surface area contributed by atoms with E-state index in [-0.39, 0.29) is 11.6 Å². The molecule has 3 nitrogen and oxygen atoms in total. The van der Waals surface area contributed by atoms with Crippen molar-refractivity contribution in [3.63, 3.8) is 0 Å². The molecule has 0 saturated carbocycles. The number of ketones is 2. The summed E-state index contributed by atoms with van der Waals surface area (Å²) >= 11 is 11.3. The lowest BCUT2D eigenvalue weighted by atomic mass is 9.94. The molecule has 2 aromatic rings. The number of carbonyl (C=O) groups is 2. The molecular formula is C21H20Cl2O3. The SMILES string of the molecule is O=C(CCCCl)c1ccc2c(c1)Cc1cc(C(=O)CCCCl)ccc1O2. The topological polar surface area (TPSA) is 43.4 Å². The molecule has 0 aliphatic carbocycles. The third kappa shape index (κ3) is 4.28. The first kappa shape index (κ1) is 18.9. The number of benzene rings is 2. The molecule has 1 heterocycles. The molecule has 0 unspecified atom stereocenters. The van der Waals surface area contributed by atoms with Gasteiger partial charge in [-0.3, -0.25) is 9.59 Å². The lowest BCUT2D eigenvalue weighted by Gasteiger charge is -2.21. The Balaban J connectivity index is 1.81. The fourth-order valence-corrected chi connectivity index (χ4v) is 3.32.